The highest BCUT2D eigenvalue weighted by Crippen LogP contribution is 2.26. The van der Waals surface area contributed by atoms with Gasteiger partial charge in [-0.2, -0.15) is 11.3 Å². The van der Waals surface area contributed by atoms with Crippen LogP contribution in [0, 0.1) is 0 Å². The van der Waals surface area contributed by atoms with Crippen LogP contribution in [0.4, 0.5) is 5.82 Å². The molecule has 0 bridgehead atoms. The first-order chi connectivity index (χ1) is 14.8. The number of nitrogens with one attached hydrogen (secondary N) is 1. The molecule has 0 aliphatic rings. The van der Waals surface area contributed by atoms with Crippen LogP contribution >= 0.6 is 11.3 Å². The van der Waals surface area contributed by atoms with Gasteiger partial charge in [0.25, 0.3) is 0 Å². The first kappa shape index (κ1) is 18.3. The van der Waals surface area contributed by atoms with E-state index in [2.05, 4.69) is 15.7 Å². The molecule has 0 radical (unpaired) electrons. The Balaban J connectivity index is 1.51. The molecule has 2 N–H and O–H groups in total. The van der Waals surface area contributed by atoms with Crippen molar-refractivity contribution < 1.29 is 5.11 Å². The van der Waals surface area contributed by atoms with Crippen molar-refractivity contribution in [3.05, 3.63) is 83.3 Å². The number of phenolic OH excluding ortho intramolecular Hbond substituents is 1. The van der Waals surface area contributed by atoms with E-state index in [1.54, 1.807) is 29.8 Å². The molecule has 0 atom stereocenters. The molecular formula is C23H19N5OS. The number of nitrogens with zero attached hydrogens (tertiary/aromatic N) is 4. The first-order valence-electron chi connectivity index (χ1n) is 9.63. The molecule has 148 valence electrons. The summed E-state index contributed by atoms with van der Waals surface area (Å²) in [7, 11) is 0. The van der Waals surface area contributed by atoms with E-state index >= 15 is 0 Å². The molecule has 3 aromatic heterocycles. The second kappa shape index (κ2) is 7.96. The van der Waals surface area contributed by atoms with Crippen molar-refractivity contribution in [1.29, 1.82) is 0 Å². The zero-order valence-corrected chi connectivity index (χ0v) is 16.9. The third-order valence-electron chi connectivity index (χ3n) is 4.85. The van der Waals surface area contributed by atoms with E-state index in [1.165, 1.54) is 0 Å². The molecular weight excluding hydrogens is 394 g/mol. The first-order valence-corrected chi connectivity index (χ1v) is 10.6. The Bertz CT molecular complexity index is 1260. The Kier molecular flexibility index (Phi) is 4.86. The number of phenols is 1. The lowest BCUT2D eigenvalue weighted by atomic mass is 10.1. The van der Waals surface area contributed by atoms with E-state index in [1.807, 2.05) is 58.5 Å². The van der Waals surface area contributed by atoms with Gasteiger partial charge in [-0.1, -0.05) is 42.5 Å². The average molecular weight is 414 g/mol. The molecule has 5 aromatic rings. The molecule has 6 nitrogen and oxygen atoms in total. The minimum absolute atomic E-state index is 0.274. The maximum Gasteiger partial charge on any atom is 0.170 e. The van der Waals surface area contributed by atoms with Gasteiger partial charge in [-0.15, -0.1) is 0 Å². The fraction of sp³-hybridized carbons (Fsp3) is 0.0870. The smallest absolute Gasteiger partial charge is 0.170 e. The molecule has 7 heteroatoms. The number of aromatic hydroxyl groups is 1. The number of imidazole rings is 1. The van der Waals surface area contributed by atoms with Gasteiger partial charge in [0.05, 0.1) is 5.69 Å². The van der Waals surface area contributed by atoms with Crippen molar-refractivity contribution in [3.63, 3.8) is 0 Å². The summed E-state index contributed by atoms with van der Waals surface area (Å²) in [5, 5.41) is 17.0. The van der Waals surface area contributed by atoms with Crippen LogP contribution < -0.4 is 5.32 Å². The number of hydrogen-bond acceptors (Lipinski definition) is 6. The highest BCUT2D eigenvalue weighted by atomic mass is 32.1. The molecule has 0 aliphatic heterocycles. The third-order valence-corrected chi connectivity index (χ3v) is 5.53. The van der Waals surface area contributed by atoms with Crippen molar-refractivity contribution in [3.8, 4) is 22.8 Å². The van der Waals surface area contributed by atoms with Crippen molar-refractivity contribution >= 4 is 28.3 Å². The van der Waals surface area contributed by atoms with Crippen LogP contribution in [0.3, 0.4) is 0 Å². The van der Waals surface area contributed by atoms with E-state index in [9.17, 15) is 5.11 Å². The monoisotopic (exact) mass is 413 g/mol. The van der Waals surface area contributed by atoms with Gasteiger partial charge in [0.15, 0.2) is 22.8 Å². The minimum Gasteiger partial charge on any atom is -0.508 e. The molecule has 0 saturated carbocycles. The van der Waals surface area contributed by atoms with Gasteiger partial charge in [-0.05, 0) is 35.6 Å². The number of anilines is 1. The summed E-state index contributed by atoms with van der Waals surface area (Å²) >= 11 is 1.64. The van der Waals surface area contributed by atoms with E-state index < -0.39 is 0 Å². The van der Waals surface area contributed by atoms with Crippen molar-refractivity contribution in [1.82, 2.24) is 19.5 Å². The van der Waals surface area contributed by atoms with Gasteiger partial charge < -0.3 is 10.4 Å². The van der Waals surface area contributed by atoms with Gasteiger partial charge in [0, 0.05) is 17.5 Å². The molecule has 0 unspecified atom stereocenters. The maximum absolute atomic E-state index is 9.46. The second-order valence-electron chi connectivity index (χ2n) is 6.87. The van der Waals surface area contributed by atoms with E-state index in [4.69, 9.17) is 9.97 Å². The Morgan fingerprint density at radius 1 is 0.967 bits per heavy atom. The molecule has 0 amide bonds. The minimum atomic E-state index is 0.274. The Labute approximate surface area is 177 Å². The number of benzene rings is 2. The number of fused-ring (bicyclic) bond motifs is 1. The molecule has 3 heterocycles. The van der Waals surface area contributed by atoms with Crippen LogP contribution in [-0.4, -0.2) is 31.2 Å². The van der Waals surface area contributed by atoms with Crippen LogP contribution in [0.25, 0.3) is 28.2 Å². The van der Waals surface area contributed by atoms with Crippen LogP contribution in [0.15, 0.2) is 77.8 Å². The number of thiophene rings is 1. The van der Waals surface area contributed by atoms with Gasteiger partial charge in [-0.3, -0.25) is 4.57 Å². The summed E-state index contributed by atoms with van der Waals surface area (Å²) in [6.07, 6.45) is 2.60. The zero-order valence-electron chi connectivity index (χ0n) is 16.1. The summed E-state index contributed by atoms with van der Waals surface area (Å²) < 4.78 is 1.99. The number of aromatic nitrogens is 4. The Hall–Kier alpha value is -3.71. The molecule has 0 fully saturated rings. The Morgan fingerprint density at radius 2 is 1.80 bits per heavy atom. The van der Waals surface area contributed by atoms with E-state index in [-0.39, 0.29) is 5.75 Å². The normalized spacial score (nSPS) is 11.1. The average Bonchev–Trinajstić information content (AvgIpc) is 3.45. The van der Waals surface area contributed by atoms with E-state index in [0.29, 0.717) is 18.2 Å². The van der Waals surface area contributed by atoms with Crippen LogP contribution in [0.2, 0.25) is 0 Å². The topological polar surface area (TPSA) is 75.9 Å². The largest absolute Gasteiger partial charge is 0.508 e. The summed E-state index contributed by atoms with van der Waals surface area (Å²) in [5.74, 6) is 1.65. The molecule has 2 aromatic carbocycles. The van der Waals surface area contributed by atoms with Crippen LogP contribution in [0.5, 0.6) is 5.75 Å². The number of rotatable bonds is 6. The second-order valence-corrected chi connectivity index (χ2v) is 7.65. The zero-order chi connectivity index (χ0) is 20.3. The maximum atomic E-state index is 9.46. The predicted octanol–water partition coefficient (Wildman–Crippen LogP) is 4.90. The SMILES string of the molecule is Oc1ccc(CCNc2nc(-c3ccccc3)nc3c2ncn3-c2ccsc2)cc1. The lowest BCUT2D eigenvalue weighted by Gasteiger charge is -2.10. The quantitative estimate of drug-likeness (QED) is 0.414. The van der Waals surface area contributed by atoms with Gasteiger partial charge in [-0.25, -0.2) is 15.0 Å². The predicted molar refractivity (Wildman–Crippen MR) is 120 cm³/mol. The molecule has 0 spiro atoms. The molecule has 30 heavy (non-hydrogen) atoms. The highest BCUT2D eigenvalue weighted by Gasteiger charge is 2.15. The summed E-state index contributed by atoms with van der Waals surface area (Å²) in [4.78, 5) is 14.2. The fourth-order valence-electron chi connectivity index (χ4n) is 3.31. The van der Waals surface area contributed by atoms with Crippen LogP contribution in [-0.2, 0) is 6.42 Å². The van der Waals surface area contributed by atoms with Gasteiger partial charge >= 0.3 is 0 Å². The Morgan fingerprint density at radius 3 is 2.57 bits per heavy atom. The highest BCUT2D eigenvalue weighted by molar-refractivity contribution is 7.08. The van der Waals surface area contributed by atoms with Crippen LogP contribution in [0.1, 0.15) is 5.56 Å². The van der Waals surface area contributed by atoms with Crippen molar-refractivity contribution in [2.45, 2.75) is 6.42 Å². The summed E-state index contributed by atoms with van der Waals surface area (Å²) in [6, 6.07) is 19.3. The summed E-state index contributed by atoms with van der Waals surface area (Å²) in [6.45, 7) is 0.691. The lowest BCUT2D eigenvalue weighted by Crippen LogP contribution is -2.08. The van der Waals surface area contributed by atoms with E-state index in [0.717, 1.165) is 34.4 Å². The lowest BCUT2D eigenvalue weighted by molar-refractivity contribution is 0.475. The molecule has 0 aliphatic carbocycles. The molecule has 0 saturated heterocycles. The van der Waals surface area contributed by atoms with Gasteiger partial charge in [0.2, 0.25) is 0 Å². The van der Waals surface area contributed by atoms with Crippen molar-refractivity contribution in [2.75, 3.05) is 11.9 Å². The standard InChI is InChI=1S/C23H19N5OS/c29-19-8-6-16(7-9-19)10-12-24-22-20-23(28(15-25-20)18-11-13-30-14-18)27-21(26-22)17-4-2-1-3-5-17/h1-9,11,13-15,29H,10,12H2,(H,24,26,27). The number of hydrogen-bond donors (Lipinski definition) is 2. The molecule has 5 rings (SSSR count). The van der Waals surface area contributed by atoms with Crippen molar-refractivity contribution in [2.24, 2.45) is 0 Å². The third kappa shape index (κ3) is 3.62. The summed E-state index contributed by atoms with van der Waals surface area (Å²) in [5.41, 5.74) is 4.65. The van der Waals surface area contributed by atoms with Gasteiger partial charge in [0.1, 0.15) is 12.1 Å². The fourth-order valence-corrected chi connectivity index (χ4v) is 3.94.